The lowest BCUT2D eigenvalue weighted by Gasteiger charge is -2.55. The Morgan fingerprint density at radius 1 is 1.20 bits per heavy atom. The van der Waals surface area contributed by atoms with Gasteiger partial charge in [0.05, 0.1) is 29.1 Å². The monoisotopic (exact) mass is 715 g/mol. The molecule has 4 bridgehead atoms. The maximum atomic E-state index is 15.6. The van der Waals surface area contributed by atoms with Crippen molar-refractivity contribution < 1.29 is 31.9 Å². The van der Waals surface area contributed by atoms with Gasteiger partial charge in [0.15, 0.2) is 0 Å². The molecule has 3 heterocycles. The van der Waals surface area contributed by atoms with E-state index < -0.39 is 32.6 Å². The van der Waals surface area contributed by atoms with Crippen LogP contribution in [0.3, 0.4) is 0 Å². The van der Waals surface area contributed by atoms with E-state index in [2.05, 4.69) is 15.7 Å². The van der Waals surface area contributed by atoms with Gasteiger partial charge < -0.3 is 19.3 Å². The highest BCUT2D eigenvalue weighted by atomic mass is 35.5. The van der Waals surface area contributed by atoms with Crippen LogP contribution >= 0.6 is 11.6 Å². The van der Waals surface area contributed by atoms with E-state index in [4.69, 9.17) is 21.1 Å². The molecule has 0 aromatic heterocycles. The number of ether oxygens (including phenoxy) is 2. The summed E-state index contributed by atoms with van der Waals surface area (Å²) in [4.78, 5) is 30.0. The molecule has 12 heteroatoms. The minimum absolute atomic E-state index is 0.0347. The molecule has 5 aliphatic rings. The van der Waals surface area contributed by atoms with Crippen molar-refractivity contribution in [2.75, 3.05) is 38.8 Å². The van der Waals surface area contributed by atoms with Crippen LogP contribution in [0, 0.1) is 29.5 Å². The fraction of sp³-hybridized carbons (Fsp3) is 0.568. The molecule has 1 saturated carbocycles. The molecule has 0 saturated heterocycles. The van der Waals surface area contributed by atoms with Crippen molar-refractivity contribution in [1.29, 1.82) is 0 Å². The van der Waals surface area contributed by atoms with Crippen LogP contribution in [0.15, 0.2) is 42.0 Å². The first-order valence-corrected chi connectivity index (χ1v) is 19.2. The fourth-order valence-corrected chi connectivity index (χ4v) is 9.62. The average molecular weight is 716 g/mol. The second kappa shape index (κ2) is 13.9. The van der Waals surface area contributed by atoms with Crippen LogP contribution in [-0.4, -0.2) is 69.8 Å². The molecule has 1 N–H and O–H groups in total. The number of sulfonamides is 1. The van der Waals surface area contributed by atoms with Crippen LogP contribution in [0.1, 0.15) is 74.4 Å². The minimum Gasteiger partial charge on any atom is -0.491 e. The molecule has 6 atom stereocenters. The quantitative estimate of drug-likeness (QED) is 0.381. The van der Waals surface area contributed by atoms with Gasteiger partial charge in [0.2, 0.25) is 15.9 Å². The normalized spacial score (nSPS) is 29.7. The molecule has 0 unspecified atom stereocenters. The maximum absolute atomic E-state index is 15.6. The zero-order valence-electron chi connectivity index (χ0n) is 28.9. The van der Waals surface area contributed by atoms with E-state index in [1.54, 1.807) is 57.2 Å². The van der Waals surface area contributed by atoms with Crippen LogP contribution in [0.2, 0.25) is 5.02 Å². The molecular weight excluding hydrogens is 669 g/mol. The number of rotatable bonds is 3. The molecule has 0 radical (unpaired) electrons. The van der Waals surface area contributed by atoms with Crippen molar-refractivity contribution >= 4 is 39.1 Å². The van der Waals surface area contributed by atoms with Gasteiger partial charge in [-0.25, -0.2) is 17.5 Å². The lowest BCUT2D eigenvalue weighted by molar-refractivity contribution is -0.138. The molecule has 2 aliphatic carbocycles. The van der Waals surface area contributed by atoms with Crippen LogP contribution in [0.25, 0.3) is 0 Å². The molecule has 266 valence electrons. The Labute approximate surface area is 294 Å². The van der Waals surface area contributed by atoms with E-state index in [9.17, 15) is 18.0 Å². The number of benzene rings is 2. The van der Waals surface area contributed by atoms with Crippen LogP contribution in [-0.2, 0) is 32.5 Å². The van der Waals surface area contributed by atoms with Crippen LogP contribution < -0.4 is 14.4 Å². The second-order valence-corrected chi connectivity index (χ2v) is 16.8. The summed E-state index contributed by atoms with van der Waals surface area (Å²) in [5.74, 6) is -0.769. The first kappa shape index (κ1) is 35.7. The van der Waals surface area contributed by atoms with E-state index in [1.807, 2.05) is 13.0 Å². The molecule has 2 aromatic carbocycles. The summed E-state index contributed by atoms with van der Waals surface area (Å²) in [7, 11) is -0.556. The standard InChI is InChI=1S/C37H47ClFN3O6S/c1-22-23(2)49(45,46)40-36(44)25-11-14-34-33(18-25)42(19-26-10-13-32(38)35(39)30(26)8-6-7-15-48-34)20-27-9-12-31(27)37(47-5,21-41(4)24(3)43)29-16-28(22)17-29/h10-11,13-14,16,18,22-23,27-28,31H,6-9,12,15,17,19-21H2,1-5H3,(H,40,44)/t22-,23-,27+,28+,31-,37+/m1/s1. The third kappa shape index (κ3) is 6.70. The number of fused-ring (bicyclic) bond motifs is 5. The summed E-state index contributed by atoms with van der Waals surface area (Å²) in [6.45, 7) is 6.70. The second-order valence-electron chi connectivity index (χ2n) is 14.4. The molecule has 3 aliphatic heterocycles. The predicted molar refractivity (Wildman–Crippen MR) is 188 cm³/mol. The summed E-state index contributed by atoms with van der Waals surface area (Å²) >= 11 is 6.26. The molecule has 1 fully saturated rings. The number of amides is 2. The number of allylic oxidation sites excluding steroid dienone is 1. The lowest BCUT2D eigenvalue weighted by Crippen LogP contribution is -2.59. The number of carbonyl (C=O) groups is 2. The van der Waals surface area contributed by atoms with Gasteiger partial charge in [-0.2, -0.15) is 0 Å². The van der Waals surface area contributed by atoms with Gasteiger partial charge in [0.1, 0.15) is 17.2 Å². The largest absolute Gasteiger partial charge is 0.491 e. The Kier molecular flexibility index (Phi) is 10.1. The molecule has 2 aromatic rings. The Balaban J connectivity index is 1.51. The zero-order chi connectivity index (χ0) is 35.2. The van der Waals surface area contributed by atoms with E-state index in [0.29, 0.717) is 68.9 Å². The number of likely N-dealkylation sites (N-methyl/N-ethyl adjacent to an activating group) is 1. The fourth-order valence-electron chi connectivity index (χ4n) is 8.11. The molecular formula is C37H47ClFN3O6S. The first-order valence-electron chi connectivity index (χ1n) is 17.3. The van der Waals surface area contributed by atoms with Crippen molar-refractivity contribution in [3.05, 3.63) is 69.5 Å². The first-order chi connectivity index (χ1) is 23.3. The highest BCUT2D eigenvalue weighted by Gasteiger charge is 2.54. The van der Waals surface area contributed by atoms with Crippen molar-refractivity contribution in [1.82, 2.24) is 9.62 Å². The van der Waals surface area contributed by atoms with E-state index in [-0.39, 0.29) is 40.2 Å². The van der Waals surface area contributed by atoms with Crippen molar-refractivity contribution in [2.24, 2.45) is 23.7 Å². The van der Waals surface area contributed by atoms with Crippen molar-refractivity contribution in [3.8, 4) is 5.75 Å². The number of anilines is 1. The third-order valence-electron chi connectivity index (χ3n) is 11.7. The number of nitrogens with one attached hydrogen (secondary N) is 1. The summed E-state index contributed by atoms with van der Waals surface area (Å²) in [5.41, 5.74) is 2.47. The average Bonchev–Trinajstić information content (AvgIpc) is 3.05. The van der Waals surface area contributed by atoms with Gasteiger partial charge in [-0.1, -0.05) is 30.7 Å². The molecule has 49 heavy (non-hydrogen) atoms. The van der Waals surface area contributed by atoms with Gasteiger partial charge in [-0.15, -0.1) is 0 Å². The molecule has 9 nitrogen and oxygen atoms in total. The van der Waals surface area contributed by atoms with Crippen molar-refractivity contribution in [2.45, 2.75) is 76.7 Å². The maximum Gasteiger partial charge on any atom is 0.264 e. The van der Waals surface area contributed by atoms with Gasteiger partial charge in [-0.05, 0) is 110 Å². The number of methoxy groups -OCH3 is 1. The third-order valence-corrected chi connectivity index (χ3v) is 13.9. The summed E-state index contributed by atoms with van der Waals surface area (Å²) in [6, 6.07) is 8.44. The lowest BCUT2D eigenvalue weighted by atomic mass is 9.58. The summed E-state index contributed by atoms with van der Waals surface area (Å²) in [6.07, 6.45) is 6.44. The Hall–Kier alpha value is -3.15. The number of nitrogens with zero attached hydrogens (tertiary/aromatic N) is 2. The van der Waals surface area contributed by atoms with Gasteiger partial charge >= 0.3 is 0 Å². The van der Waals surface area contributed by atoms with Gasteiger partial charge in [-0.3, -0.25) is 9.59 Å². The van der Waals surface area contributed by atoms with Crippen LogP contribution in [0.5, 0.6) is 5.75 Å². The van der Waals surface area contributed by atoms with E-state index >= 15 is 4.39 Å². The Morgan fingerprint density at radius 2 is 1.96 bits per heavy atom. The minimum atomic E-state index is -4.04. The summed E-state index contributed by atoms with van der Waals surface area (Å²) < 4.78 is 57.9. The smallest absolute Gasteiger partial charge is 0.264 e. The number of carbonyl (C=O) groups excluding carboxylic acids is 2. The molecule has 7 rings (SSSR count). The van der Waals surface area contributed by atoms with Gasteiger partial charge in [0, 0.05) is 39.7 Å². The number of hydrogen-bond acceptors (Lipinski definition) is 7. The molecule has 0 spiro atoms. The number of halogens is 2. The topological polar surface area (TPSA) is 105 Å². The zero-order valence-corrected chi connectivity index (χ0v) is 30.5. The highest BCUT2D eigenvalue weighted by molar-refractivity contribution is 7.90. The SMILES string of the molecule is CO[C@@]1(CN(C)C(C)=O)C2=C[C@@H](C2)[C@H](C)[C@@H](C)S(=O)(=O)NC(=O)c2ccc3c(c2)N(Cc2ccc(Cl)c(F)c2CCCCO3)C[C@@H]2CC[C@H]21. The van der Waals surface area contributed by atoms with E-state index in [1.165, 1.54) is 0 Å². The number of hydrogen-bond donors (Lipinski definition) is 1. The summed E-state index contributed by atoms with van der Waals surface area (Å²) in [5, 5.41) is -0.772. The predicted octanol–water partition coefficient (Wildman–Crippen LogP) is 6.13. The van der Waals surface area contributed by atoms with Crippen molar-refractivity contribution in [3.63, 3.8) is 0 Å². The Bertz CT molecular complexity index is 1770. The van der Waals surface area contributed by atoms with Crippen LogP contribution in [0.4, 0.5) is 10.1 Å². The molecule has 2 amide bonds. The Morgan fingerprint density at radius 3 is 2.63 bits per heavy atom. The highest BCUT2D eigenvalue weighted by Crippen LogP contribution is 2.53. The van der Waals surface area contributed by atoms with E-state index in [0.717, 1.165) is 24.0 Å². The van der Waals surface area contributed by atoms with Gasteiger partial charge in [0.25, 0.3) is 5.91 Å².